The fourth-order valence-corrected chi connectivity index (χ4v) is 2.18. The van der Waals surface area contributed by atoms with E-state index in [2.05, 4.69) is 24.4 Å². The number of anilines is 1. The highest BCUT2D eigenvalue weighted by atomic mass is 16.2. The van der Waals surface area contributed by atoms with Crippen LogP contribution in [-0.4, -0.2) is 11.4 Å². The largest absolute Gasteiger partial charge is 0.324 e. The van der Waals surface area contributed by atoms with Crippen molar-refractivity contribution in [3.63, 3.8) is 0 Å². The number of carbonyl (C=O) groups is 1. The van der Waals surface area contributed by atoms with Gasteiger partial charge >= 0.3 is 0 Å². The van der Waals surface area contributed by atoms with E-state index in [1.54, 1.807) is 0 Å². The van der Waals surface area contributed by atoms with Crippen LogP contribution >= 0.6 is 0 Å². The van der Waals surface area contributed by atoms with Gasteiger partial charge in [0.25, 0.3) is 0 Å². The van der Waals surface area contributed by atoms with Gasteiger partial charge in [0.2, 0.25) is 5.91 Å². The number of aryl methyl sites for hydroxylation is 1. The van der Waals surface area contributed by atoms with Gasteiger partial charge in [-0.2, -0.15) is 0 Å². The minimum Gasteiger partial charge on any atom is -0.324 e. The second kappa shape index (κ2) is 5.53. The van der Waals surface area contributed by atoms with Crippen LogP contribution in [0.25, 0.3) is 0 Å². The molecule has 0 aliphatic heterocycles. The van der Waals surface area contributed by atoms with Crippen molar-refractivity contribution in [1.29, 1.82) is 0 Å². The maximum Gasteiger partial charge on any atom is 0.244 e. The topological polar surface area (TPSA) is 55.1 Å². The number of amides is 1. The minimum atomic E-state index is -0.624. The maximum atomic E-state index is 11.9. The predicted octanol–water partition coefficient (Wildman–Crippen LogP) is 2.85. The zero-order valence-corrected chi connectivity index (χ0v) is 11.0. The Kier molecular flexibility index (Phi) is 4.02. The number of hydrogen-bond donors (Lipinski definition) is 2. The number of nitrogens with one attached hydrogen (secondary N) is 1. The van der Waals surface area contributed by atoms with Crippen molar-refractivity contribution >= 4 is 11.6 Å². The SMILES string of the molecule is CCCCc1ccc(NC(=O)C2(N)CCC2)cc1. The molecule has 1 aromatic rings. The van der Waals surface area contributed by atoms with Crippen molar-refractivity contribution in [2.45, 2.75) is 51.0 Å². The summed E-state index contributed by atoms with van der Waals surface area (Å²) in [5, 5.41) is 2.90. The molecule has 0 aromatic heterocycles. The third-order valence-corrected chi connectivity index (χ3v) is 3.73. The minimum absolute atomic E-state index is 0.0462. The van der Waals surface area contributed by atoms with E-state index >= 15 is 0 Å². The molecule has 1 aromatic carbocycles. The van der Waals surface area contributed by atoms with Crippen molar-refractivity contribution in [1.82, 2.24) is 0 Å². The highest BCUT2D eigenvalue weighted by Crippen LogP contribution is 2.30. The monoisotopic (exact) mass is 246 g/mol. The van der Waals surface area contributed by atoms with E-state index in [1.807, 2.05) is 12.1 Å². The van der Waals surface area contributed by atoms with Crippen LogP contribution in [0.5, 0.6) is 0 Å². The fourth-order valence-electron chi connectivity index (χ4n) is 2.18. The van der Waals surface area contributed by atoms with E-state index in [4.69, 9.17) is 5.73 Å². The molecule has 1 aliphatic rings. The lowest BCUT2D eigenvalue weighted by atomic mass is 9.77. The van der Waals surface area contributed by atoms with Crippen LogP contribution in [0.4, 0.5) is 5.69 Å². The molecule has 1 fully saturated rings. The van der Waals surface area contributed by atoms with Crippen molar-refractivity contribution in [2.24, 2.45) is 5.73 Å². The van der Waals surface area contributed by atoms with Gasteiger partial charge in [-0.3, -0.25) is 4.79 Å². The highest BCUT2D eigenvalue weighted by molar-refractivity contribution is 5.98. The van der Waals surface area contributed by atoms with Crippen molar-refractivity contribution in [3.05, 3.63) is 29.8 Å². The van der Waals surface area contributed by atoms with Gasteiger partial charge in [0.15, 0.2) is 0 Å². The van der Waals surface area contributed by atoms with Gasteiger partial charge < -0.3 is 11.1 Å². The molecule has 2 rings (SSSR count). The number of unbranched alkanes of at least 4 members (excludes halogenated alkanes) is 1. The Hall–Kier alpha value is -1.35. The van der Waals surface area contributed by atoms with Crippen LogP contribution in [-0.2, 0) is 11.2 Å². The van der Waals surface area contributed by atoms with E-state index in [0.29, 0.717) is 0 Å². The van der Waals surface area contributed by atoms with Crippen LogP contribution in [0.3, 0.4) is 0 Å². The molecule has 0 unspecified atom stereocenters. The Morgan fingerprint density at radius 1 is 1.33 bits per heavy atom. The number of rotatable bonds is 5. The lowest BCUT2D eigenvalue weighted by Gasteiger charge is -2.36. The summed E-state index contributed by atoms with van der Waals surface area (Å²) in [6, 6.07) is 8.08. The first-order valence-electron chi connectivity index (χ1n) is 6.83. The summed E-state index contributed by atoms with van der Waals surface area (Å²) < 4.78 is 0. The molecule has 18 heavy (non-hydrogen) atoms. The third kappa shape index (κ3) is 2.91. The third-order valence-electron chi connectivity index (χ3n) is 3.73. The first-order valence-corrected chi connectivity index (χ1v) is 6.83. The molecule has 0 atom stereocenters. The maximum absolute atomic E-state index is 11.9. The van der Waals surface area contributed by atoms with Crippen molar-refractivity contribution in [3.8, 4) is 0 Å². The van der Waals surface area contributed by atoms with Gasteiger partial charge in [-0.1, -0.05) is 25.5 Å². The molecule has 3 nitrogen and oxygen atoms in total. The second-order valence-electron chi connectivity index (χ2n) is 5.26. The van der Waals surface area contributed by atoms with Crippen LogP contribution in [0, 0.1) is 0 Å². The van der Waals surface area contributed by atoms with Crippen LogP contribution in [0.15, 0.2) is 24.3 Å². The van der Waals surface area contributed by atoms with Crippen molar-refractivity contribution in [2.75, 3.05) is 5.32 Å². The number of hydrogen-bond acceptors (Lipinski definition) is 2. The smallest absolute Gasteiger partial charge is 0.244 e. The Labute approximate surface area is 109 Å². The predicted molar refractivity (Wildman–Crippen MR) is 74.5 cm³/mol. The number of carbonyl (C=O) groups excluding carboxylic acids is 1. The quantitative estimate of drug-likeness (QED) is 0.839. The van der Waals surface area contributed by atoms with Gasteiger partial charge in [0.05, 0.1) is 5.54 Å². The van der Waals surface area contributed by atoms with E-state index in [-0.39, 0.29) is 5.91 Å². The van der Waals surface area contributed by atoms with E-state index in [0.717, 1.165) is 31.4 Å². The molecule has 0 heterocycles. The molecule has 1 aliphatic carbocycles. The van der Waals surface area contributed by atoms with Crippen LogP contribution in [0.2, 0.25) is 0 Å². The molecule has 3 heteroatoms. The van der Waals surface area contributed by atoms with E-state index in [9.17, 15) is 4.79 Å². The standard InChI is InChI=1S/C15H22N2O/c1-2-3-5-12-6-8-13(9-7-12)17-14(18)15(16)10-4-11-15/h6-9H,2-5,10-11,16H2,1H3,(H,17,18). The normalized spacial score (nSPS) is 17.0. The number of benzene rings is 1. The van der Waals surface area contributed by atoms with Crippen molar-refractivity contribution < 1.29 is 4.79 Å². The van der Waals surface area contributed by atoms with Gasteiger partial charge in [0.1, 0.15) is 0 Å². The Bertz CT molecular complexity index is 407. The van der Waals surface area contributed by atoms with Gasteiger partial charge in [-0.15, -0.1) is 0 Å². The lowest BCUT2D eigenvalue weighted by molar-refractivity contribution is -0.123. The summed E-state index contributed by atoms with van der Waals surface area (Å²) in [5.41, 5.74) is 7.52. The van der Waals surface area contributed by atoms with Crippen LogP contribution < -0.4 is 11.1 Å². The number of nitrogens with two attached hydrogens (primary N) is 1. The molecular formula is C15H22N2O. The summed E-state index contributed by atoms with van der Waals surface area (Å²) in [4.78, 5) is 11.9. The Morgan fingerprint density at radius 3 is 2.50 bits per heavy atom. The summed E-state index contributed by atoms with van der Waals surface area (Å²) >= 11 is 0. The fraction of sp³-hybridized carbons (Fsp3) is 0.533. The Morgan fingerprint density at radius 2 is 2.00 bits per heavy atom. The highest BCUT2D eigenvalue weighted by Gasteiger charge is 2.39. The molecule has 3 N–H and O–H groups in total. The summed E-state index contributed by atoms with van der Waals surface area (Å²) in [7, 11) is 0. The molecule has 0 radical (unpaired) electrons. The van der Waals surface area contributed by atoms with Gasteiger partial charge in [-0.05, 0) is 49.8 Å². The average Bonchev–Trinajstić information content (AvgIpc) is 2.35. The van der Waals surface area contributed by atoms with Gasteiger partial charge in [0, 0.05) is 5.69 Å². The Balaban J connectivity index is 1.91. The summed E-state index contributed by atoms with van der Waals surface area (Å²) in [6.45, 7) is 2.19. The molecule has 0 bridgehead atoms. The van der Waals surface area contributed by atoms with Crippen LogP contribution in [0.1, 0.15) is 44.6 Å². The zero-order chi connectivity index (χ0) is 13.0. The second-order valence-corrected chi connectivity index (χ2v) is 5.26. The lowest BCUT2D eigenvalue weighted by Crippen LogP contribution is -2.56. The molecule has 0 saturated heterocycles. The van der Waals surface area contributed by atoms with E-state index in [1.165, 1.54) is 18.4 Å². The summed E-state index contributed by atoms with van der Waals surface area (Å²) in [6.07, 6.45) is 6.16. The van der Waals surface area contributed by atoms with E-state index < -0.39 is 5.54 Å². The molecule has 1 saturated carbocycles. The zero-order valence-electron chi connectivity index (χ0n) is 11.0. The average molecular weight is 246 g/mol. The van der Waals surface area contributed by atoms with Gasteiger partial charge in [-0.25, -0.2) is 0 Å². The molecule has 0 spiro atoms. The first kappa shape index (κ1) is 13.1. The summed E-state index contributed by atoms with van der Waals surface area (Å²) in [5.74, 6) is -0.0462. The molecule has 1 amide bonds. The molecule has 98 valence electrons. The first-order chi connectivity index (χ1) is 8.64. The molecular weight excluding hydrogens is 224 g/mol.